The number of carbonyl (C=O) groups is 1. The Morgan fingerprint density at radius 3 is 2.67 bits per heavy atom. The maximum Gasteiger partial charge on any atom is 0.327 e. The van der Waals surface area contributed by atoms with E-state index in [1.165, 1.54) is 5.56 Å². The van der Waals surface area contributed by atoms with Gasteiger partial charge in [0.2, 0.25) is 0 Å². The highest BCUT2D eigenvalue weighted by Gasteiger charge is 2.20. The third-order valence-corrected chi connectivity index (χ3v) is 4.13. The quantitative estimate of drug-likeness (QED) is 0.820. The molecule has 6 nitrogen and oxygen atoms in total. The second-order valence-corrected chi connectivity index (χ2v) is 5.73. The molecule has 0 aliphatic carbocycles. The first kappa shape index (κ1) is 16.0. The number of esters is 1. The molecule has 1 fully saturated rings. The van der Waals surface area contributed by atoms with Crippen molar-refractivity contribution in [3.8, 4) is 0 Å². The van der Waals surface area contributed by atoms with Gasteiger partial charge in [0, 0.05) is 23.8 Å². The van der Waals surface area contributed by atoms with Crippen molar-refractivity contribution in [2.75, 3.05) is 19.7 Å². The van der Waals surface area contributed by atoms with Gasteiger partial charge >= 0.3 is 5.97 Å². The van der Waals surface area contributed by atoms with Crippen LogP contribution >= 0.6 is 0 Å². The van der Waals surface area contributed by atoms with Gasteiger partial charge in [-0.2, -0.15) is 5.10 Å². The molecule has 0 bridgehead atoms. The van der Waals surface area contributed by atoms with Crippen molar-refractivity contribution in [1.82, 2.24) is 14.7 Å². The number of rotatable bonds is 5. The van der Waals surface area contributed by atoms with Crippen molar-refractivity contribution in [2.24, 2.45) is 5.73 Å². The van der Waals surface area contributed by atoms with Crippen molar-refractivity contribution in [1.29, 1.82) is 0 Å². The van der Waals surface area contributed by atoms with Gasteiger partial charge < -0.3 is 10.5 Å². The highest BCUT2D eigenvalue weighted by atomic mass is 16.5. The topological polar surface area (TPSA) is 73.4 Å². The zero-order valence-electron chi connectivity index (χ0n) is 13.3. The maximum atomic E-state index is 11.6. The number of hydrogen-bond donors (Lipinski definition) is 1. The molecule has 0 atom stereocenters. The molecule has 0 amide bonds. The minimum atomic E-state index is -0.237. The second kappa shape index (κ2) is 7.04. The van der Waals surface area contributed by atoms with Crippen LogP contribution in [0, 0.1) is 13.8 Å². The molecule has 2 N–H and O–H groups in total. The van der Waals surface area contributed by atoms with Crippen LogP contribution in [-0.2, 0) is 22.6 Å². The predicted molar refractivity (Wildman–Crippen MR) is 80.8 cm³/mol. The molecule has 118 valence electrons. The first-order valence-electron chi connectivity index (χ1n) is 7.67. The van der Waals surface area contributed by atoms with Gasteiger partial charge in [0.05, 0.1) is 12.3 Å². The van der Waals surface area contributed by atoms with Crippen LogP contribution in [0.5, 0.6) is 0 Å². The molecule has 0 aromatic carbocycles. The van der Waals surface area contributed by atoms with Crippen molar-refractivity contribution < 1.29 is 9.53 Å². The third-order valence-electron chi connectivity index (χ3n) is 4.13. The predicted octanol–water partition coefficient (Wildman–Crippen LogP) is 0.986. The van der Waals surface area contributed by atoms with Crippen LogP contribution in [0.4, 0.5) is 0 Å². The summed E-state index contributed by atoms with van der Waals surface area (Å²) in [5.74, 6) is -0.237. The maximum absolute atomic E-state index is 11.6. The summed E-state index contributed by atoms with van der Waals surface area (Å²) in [6.45, 7) is 9.36. The lowest BCUT2D eigenvalue weighted by molar-refractivity contribution is -0.144. The van der Waals surface area contributed by atoms with E-state index in [1.807, 2.05) is 20.8 Å². The van der Waals surface area contributed by atoms with E-state index in [1.54, 1.807) is 4.68 Å². The van der Waals surface area contributed by atoms with E-state index in [2.05, 4.69) is 10.00 Å². The monoisotopic (exact) mass is 294 g/mol. The smallest absolute Gasteiger partial charge is 0.327 e. The zero-order chi connectivity index (χ0) is 15.4. The molecule has 1 aromatic heterocycles. The van der Waals surface area contributed by atoms with Gasteiger partial charge in [-0.25, -0.2) is 0 Å². The fourth-order valence-electron chi connectivity index (χ4n) is 2.78. The van der Waals surface area contributed by atoms with Gasteiger partial charge in [-0.3, -0.25) is 14.4 Å². The Bertz CT molecular complexity index is 490. The van der Waals surface area contributed by atoms with Crippen LogP contribution in [0.15, 0.2) is 0 Å². The number of aromatic nitrogens is 2. The largest absolute Gasteiger partial charge is 0.465 e. The van der Waals surface area contributed by atoms with E-state index >= 15 is 0 Å². The van der Waals surface area contributed by atoms with Crippen molar-refractivity contribution >= 4 is 5.97 Å². The Kier molecular flexibility index (Phi) is 5.36. The Morgan fingerprint density at radius 1 is 1.38 bits per heavy atom. The molecule has 1 saturated heterocycles. The Hall–Kier alpha value is -1.40. The van der Waals surface area contributed by atoms with E-state index in [9.17, 15) is 4.79 Å². The summed E-state index contributed by atoms with van der Waals surface area (Å²) in [4.78, 5) is 14.0. The molecule has 0 unspecified atom stereocenters. The van der Waals surface area contributed by atoms with Gasteiger partial charge in [-0.1, -0.05) is 0 Å². The molecule has 21 heavy (non-hydrogen) atoms. The first-order valence-corrected chi connectivity index (χ1v) is 7.67. The Morgan fingerprint density at radius 2 is 2.05 bits per heavy atom. The molecule has 0 radical (unpaired) electrons. The normalized spacial score (nSPS) is 17.1. The van der Waals surface area contributed by atoms with Gasteiger partial charge in [0.1, 0.15) is 6.54 Å². The summed E-state index contributed by atoms with van der Waals surface area (Å²) in [6, 6.07) is 0.343. The number of piperidine rings is 1. The number of carbonyl (C=O) groups excluding carboxylic acids is 1. The molecule has 0 saturated carbocycles. The average Bonchev–Trinajstić information content (AvgIpc) is 2.69. The summed E-state index contributed by atoms with van der Waals surface area (Å²) in [6.07, 6.45) is 2.10. The molecular weight excluding hydrogens is 268 g/mol. The van der Waals surface area contributed by atoms with Crippen LogP contribution in [-0.4, -0.2) is 46.4 Å². The van der Waals surface area contributed by atoms with Crippen LogP contribution in [0.2, 0.25) is 0 Å². The van der Waals surface area contributed by atoms with E-state index in [0.717, 1.165) is 43.9 Å². The second-order valence-electron chi connectivity index (χ2n) is 5.73. The number of hydrogen-bond acceptors (Lipinski definition) is 5. The molecule has 1 aromatic rings. The fraction of sp³-hybridized carbons (Fsp3) is 0.733. The van der Waals surface area contributed by atoms with Gasteiger partial charge in [-0.05, 0) is 46.7 Å². The number of nitrogens with zero attached hydrogens (tertiary/aromatic N) is 3. The van der Waals surface area contributed by atoms with E-state index < -0.39 is 0 Å². The lowest BCUT2D eigenvalue weighted by Gasteiger charge is -2.30. The fourth-order valence-corrected chi connectivity index (χ4v) is 2.78. The van der Waals surface area contributed by atoms with Crippen LogP contribution in [0.3, 0.4) is 0 Å². The SMILES string of the molecule is CCOC(=O)Cn1nc(C)c(CN2CCC(N)CC2)c1C. The minimum Gasteiger partial charge on any atom is -0.465 e. The number of aryl methyl sites for hydroxylation is 1. The zero-order valence-corrected chi connectivity index (χ0v) is 13.3. The summed E-state index contributed by atoms with van der Waals surface area (Å²) >= 11 is 0. The molecule has 0 spiro atoms. The summed E-state index contributed by atoms with van der Waals surface area (Å²) in [7, 11) is 0. The van der Waals surface area contributed by atoms with Gasteiger partial charge in [0.25, 0.3) is 0 Å². The summed E-state index contributed by atoms with van der Waals surface area (Å²) < 4.78 is 6.74. The molecule has 1 aliphatic rings. The van der Waals surface area contributed by atoms with Crippen molar-refractivity contribution in [3.63, 3.8) is 0 Å². The summed E-state index contributed by atoms with van der Waals surface area (Å²) in [5.41, 5.74) is 9.20. The number of likely N-dealkylation sites (tertiary alicyclic amines) is 1. The van der Waals surface area contributed by atoms with Gasteiger partial charge in [-0.15, -0.1) is 0 Å². The highest BCUT2D eigenvalue weighted by molar-refractivity contribution is 5.69. The lowest BCUT2D eigenvalue weighted by Crippen LogP contribution is -2.39. The van der Waals surface area contributed by atoms with Gasteiger partial charge in [0.15, 0.2) is 0 Å². The standard InChI is InChI=1S/C15H26N4O2/c1-4-21-15(20)10-19-12(3)14(11(2)17-19)9-18-7-5-13(16)6-8-18/h13H,4-10,16H2,1-3H3. The molecule has 2 rings (SSSR count). The first-order chi connectivity index (χ1) is 10.0. The highest BCUT2D eigenvalue weighted by Crippen LogP contribution is 2.18. The van der Waals surface area contributed by atoms with E-state index in [4.69, 9.17) is 10.5 Å². The average molecular weight is 294 g/mol. The molecular formula is C15H26N4O2. The third kappa shape index (κ3) is 4.04. The van der Waals surface area contributed by atoms with E-state index in [-0.39, 0.29) is 12.5 Å². The van der Waals surface area contributed by atoms with Crippen LogP contribution in [0.1, 0.15) is 36.7 Å². The number of ether oxygens (including phenoxy) is 1. The minimum absolute atomic E-state index is 0.186. The molecule has 1 aliphatic heterocycles. The lowest BCUT2D eigenvalue weighted by atomic mass is 10.0. The Balaban J connectivity index is 2.03. The van der Waals surface area contributed by atoms with Crippen molar-refractivity contribution in [3.05, 3.63) is 17.0 Å². The van der Waals surface area contributed by atoms with Crippen LogP contribution in [0.25, 0.3) is 0 Å². The van der Waals surface area contributed by atoms with Crippen LogP contribution < -0.4 is 5.73 Å². The molecule has 6 heteroatoms. The van der Waals surface area contributed by atoms with E-state index in [0.29, 0.717) is 12.6 Å². The van der Waals surface area contributed by atoms with Crippen molar-refractivity contribution in [2.45, 2.75) is 52.7 Å². The number of nitrogens with two attached hydrogens (primary N) is 1. The summed E-state index contributed by atoms with van der Waals surface area (Å²) in [5, 5.41) is 4.48. The molecule has 2 heterocycles. The Labute approximate surface area is 126 Å².